The van der Waals surface area contributed by atoms with E-state index in [-0.39, 0.29) is 18.9 Å². The van der Waals surface area contributed by atoms with Gasteiger partial charge in [0, 0.05) is 12.2 Å². The van der Waals surface area contributed by atoms with Gasteiger partial charge in [0.1, 0.15) is 11.8 Å². The molecule has 0 atom stereocenters. The summed E-state index contributed by atoms with van der Waals surface area (Å²) in [5.41, 5.74) is 5.93. The van der Waals surface area contributed by atoms with Crippen LogP contribution in [0.3, 0.4) is 0 Å². The number of aromatic nitrogens is 1. The van der Waals surface area contributed by atoms with Crippen LogP contribution in [-0.2, 0) is 9.59 Å². The maximum atomic E-state index is 11.8. The Morgan fingerprint density at radius 2 is 1.86 bits per heavy atom. The molecule has 7 nitrogen and oxygen atoms in total. The van der Waals surface area contributed by atoms with Gasteiger partial charge in [-0.25, -0.2) is 4.98 Å². The molecule has 28 heavy (non-hydrogen) atoms. The summed E-state index contributed by atoms with van der Waals surface area (Å²) in [7, 11) is 0. The highest BCUT2D eigenvalue weighted by Gasteiger charge is 2.09. The molecule has 142 valence electrons. The Kier molecular flexibility index (Phi) is 6.84. The summed E-state index contributed by atoms with van der Waals surface area (Å²) < 4.78 is 7.31. The molecule has 0 radical (unpaired) electrons. The molecule has 0 spiro atoms. The van der Waals surface area contributed by atoms with Gasteiger partial charge in [-0.2, -0.15) is 5.26 Å². The van der Waals surface area contributed by atoms with Crippen molar-refractivity contribution in [2.24, 2.45) is 0 Å². The summed E-state index contributed by atoms with van der Waals surface area (Å²) >= 11 is 3.08. The molecular formula is C19H16N4O3S2. The lowest BCUT2D eigenvalue weighted by molar-refractivity contribution is -0.129. The van der Waals surface area contributed by atoms with Crippen molar-refractivity contribution in [3.63, 3.8) is 0 Å². The fourth-order valence-corrected chi connectivity index (χ4v) is 4.29. The van der Waals surface area contributed by atoms with Crippen LogP contribution in [0.25, 0.3) is 10.2 Å². The van der Waals surface area contributed by atoms with Gasteiger partial charge >= 0.3 is 0 Å². The minimum Gasteiger partial charge on any atom is -0.482 e. The van der Waals surface area contributed by atoms with E-state index in [9.17, 15) is 9.59 Å². The number of hydrogen-bond acceptors (Lipinski definition) is 7. The molecule has 2 N–H and O–H groups in total. The Morgan fingerprint density at radius 3 is 2.68 bits per heavy atom. The summed E-state index contributed by atoms with van der Waals surface area (Å²) in [5.74, 6) is 0.0473. The van der Waals surface area contributed by atoms with Crippen molar-refractivity contribution < 1.29 is 14.3 Å². The van der Waals surface area contributed by atoms with Gasteiger partial charge in [-0.3, -0.25) is 20.4 Å². The highest BCUT2D eigenvalue weighted by Crippen LogP contribution is 2.29. The normalized spacial score (nSPS) is 10.2. The highest BCUT2D eigenvalue weighted by molar-refractivity contribution is 8.01. The molecule has 1 heterocycles. The number of carbonyl (C=O) groups is 2. The lowest BCUT2D eigenvalue weighted by atomic mass is 10.2. The molecule has 0 aliphatic heterocycles. The fraction of sp³-hybridized carbons (Fsp3) is 0.158. The van der Waals surface area contributed by atoms with E-state index in [0.717, 1.165) is 14.6 Å². The molecule has 0 unspecified atom stereocenters. The van der Waals surface area contributed by atoms with Gasteiger partial charge in [0.15, 0.2) is 10.9 Å². The first-order valence-corrected chi connectivity index (χ1v) is 10.1. The number of nitrogens with one attached hydrogen (secondary N) is 2. The van der Waals surface area contributed by atoms with Crippen molar-refractivity contribution >= 4 is 45.1 Å². The summed E-state index contributed by atoms with van der Waals surface area (Å²) in [5, 5.41) is 8.97. The number of rotatable bonds is 7. The van der Waals surface area contributed by atoms with Crippen LogP contribution in [0.1, 0.15) is 12.0 Å². The van der Waals surface area contributed by atoms with Crippen LogP contribution in [0.2, 0.25) is 0 Å². The average Bonchev–Trinajstić information content (AvgIpc) is 3.13. The lowest BCUT2D eigenvalue weighted by Gasteiger charge is -2.09. The van der Waals surface area contributed by atoms with E-state index in [1.807, 2.05) is 30.3 Å². The molecule has 0 aliphatic carbocycles. The maximum Gasteiger partial charge on any atom is 0.276 e. The number of thioether (sulfide) groups is 1. The molecule has 0 saturated heterocycles. The second kappa shape index (κ2) is 9.73. The molecule has 2 aromatic carbocycles. The molecular weight excluding hydrogens is 396 g/mol. The standard InChI is InChI=1S/C19H16N4O3S2/c20-11-13-5-1-3-7-15(13)26-12-18(25)23-22-17(24)9-10-27-19-21-14-6-2-4-8-16(14)28-19/h1-8H,9-10,12H2,(H,22,24)(H,23,25). The number of para-hydroxylation sites is 2. The fourth-order valence-electron chi connectivity index (χ4n) is 2.21. The van der Waals surface area contributed by atoms with Gasteiger partial charge in [0.05, 0.1) is 15.8 Å². The number of hydrazine groups is 1. The third-order valence-corrected chi connectivity index (χ3v) is 5.72. The second-order valence-corrected chi connectivity index (χ2v) is 7.91. The van der Waals surface area contributed by atoms with E-state index < -0.39 is 5.91 Å². The smallest absolute Gasteiger partial charge is 0.276 e. The Morgan fingerprint density at radius 1 is 1.11 bits per heavy atom. The number of nitrogens with zero attached hydrogens (tertiary/aromatic N) is 2. The van der Waals surface area contributed by atoms with Gasteiger partial charge in [0.25, 0.3) is 5.91 Å². The first-order chi connectivity index (χ1) is 13.7. The minimum absolute atomic E-state index is 0.235. The van der Waals surface area contributed by atoms with Crippen molar-refractivity contribution in [1.82, 2.24) is 15.8 Å². The van der Waals surface area contributed by atoms with Crippen molar-refractivity contribution in [3.05, 3.63) is 54.1 Å². The van der Waals surface area contributed by atoms with Crippen molar-refractivity contribution in [1.29, 1.82) is 5.26 Å². The van der Waals surface area contributed by atoms with Crippen LogP contribution < -0.4 is 15.6 Å². The quantitative estimate of drug-likeness (QED) is 0.457. The summed E-state index contributed by atoms with van der Waals surface area (Å²) in [6, 6.07) is 16.5. The third kappa shape index (κ3) is 5.45. The van der Waals surface area contributed by atoms with Crippen molar-refractivity contribution in [2.45, 2.75) is 10.8 Å². The van der Waals surface area contributed by atoms with E-state index in [4.69, 9.17) is 10.00 Å². The summed E-state index contributed by atoms with van der Waals surface area (Å²) in [6.07, 6.45) is 0.235. The van der Waals surface area contributed by atoms with E-state index in [2.05, 4.69) is 15.8 Å². The Labute approximate surface area is 169 Å². The molecule has 0 aliphatic rings. The molecule has 3 aromatic rings. The van der Waals surface area contributed by atoms with E-state index >= 15 is 0 Å². The number of thiazole rings is 1. The van der Waals surface area contributed by atoms with Gasteiger partial charge in [0.2, 0.25) is 5.91 Å². The van der Waals surface area contributed by atoms with Crippen LogP contribution in [0.15, 0.2) is 52.9 Å². The average molecular weight is 412 g/mol. The number of amides is 2. The van der Waals surface area contributed by atoms with Gasteiger partial charge in [-0.15, -0.1) is 11.3 Å². The maximum absolute atomic E-state index is 11.8. The third-order valence-electron chi connectivity index (χ3n) is 3.54. The predicted molar refractivity (Wildman–Crippen MR) is 108 cm³/mol. The van der Waals surface area contributed by atoms with E-state index in [0.29, 0.717) is 17.1 Å². The Bertz CT molecular complexity index is 996. The number of ether oxygens (including phenoxy) is 1. The zero-order valence-electron chi connectivity index (χ0n) is 14.7. The first kappa shape index (κ1) is 19.7. The minimum atomic E-state index is -0.514. The lowest BCUT2D eigenvalue weighted by Crippen LogP contribution is -2.43. The van der Waals surface area contributed by atoms with Crippen LogP contribution in [0.4, 0.5) is 0 Å². The molecule has 9 heteroatoms. The monoisotopic (exact) mass is 412 g/mol. The Hall–Kier alpha value is -3.09. The van der Waals surface area contributed by atoms with Crippen LogP contribution in [0, 0.1) is 11.3 Å². The van der Waals surface area contributed by atoms with Crippen LogP contribution in [0.5, 0.6) is 5.75 Å². The van der Waals surface area contributed by atoms with Crippen molar-refractivity contribution in [2.75, 3.05) is 12.4 Å². The van der Waals surface area contributed by atoms with Crippen molar-refractivity contribution in [3.8, 4) is 11.8 Å². The van der Waals surface area contributed by atoms with Gasteiger partial charge in [-0.1, -0.05) is 36.0 Å². The number of fused-ring (bicyclic) bond motifs is 1. The molecule has 2 amide bonds. The van der Waals surface area contributed by atoms with E-state index in [1.165, 1.54) is 11.8 Å². The molecule has 1 aromatic heterocycles. The SMILES string of the molecule is N#Cc1ccccc1OCC(=O)NNC(=O)CCSc1nc2ccccc2s1. The number of benzene rings is 2. The molecule has 0 bridgehead atoms. The number of nitriles is 1. The highest BCUT2D eigenvalue weighted by atomic mass is 32.2. The number of hydrogen-bond donors (Lipinski definition) is 2. The zero-order chi connectivity index (χ0) is 19.8. The number of carbonyl (C=O) groups excluding carboxylic acids is 2. The van der Waals surface area contributed by atoms with E-state index in [1.54, 1.807) is 35.6 Å². The largest absolute Gasteiger partial charge is 0.482 e. The van der Waals surface area contributed by atoms with Gasteiger partial charge < -0.3 is 4.74 Å². The summed E-state index contributed by atoms with van der Waals surface area (Å²) in [4.78, 5) is 28.1. The first-order valence-electron chi connectivity index (χ1n) is 8.33. The summed E-state index contributed by atoms with van der Waals surface area (Å²) in [6.45, 7) is -0.306. The predicted octanol–water partition coefficient (Wildman–Crippen LogP) is 2.88. The topological polar surface area (TPSA) is 104 Å². The molecule has 0 saturated carbocycles. The zero-order valence-corrected chi connectivity index (χ0v) is 16.3. The van der Waals surface area contributed by atoms with Gasteiger partial charge in [-0.05, 0) is 24.3 Å². The second-order valence-electron chi connectivity index (χ2n) is 5.54. The molecule has 3 rings (SSSR count). The molecule has 0 fully saturated rings. The van der Waals surface area contributed by atoms with Crippen LogP contribution in [-0.4, -0.2) is 29.2 Å². The van der Waals surface area contributed by atoms with Crippen LogP contribution >= 0.6 is 23.1 Å². The Balaban J connectivity index is 1.35.